The second-order valence-electron chi connectivity index (χ2n) is 5.89. The number of aromatic amines is 1. The number of benzene rings is 1. The van der Waals surface area contributed by atoms with Gasteiger partial charge in [0.1, 0.15) is 5.75 Å². The molecule has 4 rings (SSSR count). The van der Waals surface area contributed by atoms with Crippen LogP contribution in [0.25, 0.3) is 10.9 Å². The van der Waals surface area contributed by atoms with Gasteiger partial charge in [-0.25, -0.2) is 4.79 Å². The van der Waals surface area contributed by atoms with Crippen molar-refractivity contribution in [3.63, 3.8) is 0 Å². The molecule has 2 N–H and O–H groups in total. The first kappa shape index (κ1) is 12.6. The lowest BCUT2D eigenvalue weighted by atomic mass is 10.0. The van der Waals surface area contributed by atoms with Gasteiger partial charge in [0.2, 0.25) is 0 Å². The summed E-state index contributed by atoms with van der Waals surface area (Å²) < 4.78 is 5.31. The summed E-state index contributed by atoms with van der Waals surface area (Å²) in [5, 5.41) is 4.23. The van der Waals surface area contributed by atoms with E-state index in [0.29, 0.717) is 12.6 Å². The number of hydrogen-bond donors (Lipinski definition) is 2. The third-order valence-corrected chi connectivity index (χ3v) is 4.37. The summed E-state index contributed by atoms with van der Waals surface area (Å²) in [5.41, 5.74) is 3.58. The Kier molecular flexibility index (Phi) is 2.80. The van der Waals surface area contributed by atoms with Gasteiger partial charge < -0.3 is 19.9 Å². The van der Waals surface area contributed by atoms with E-state index in [1.54, 1.807) is 7.11 Å². The van der Waals surface area contributed by atoms with Crippen molar-refractivity contribution in [1.82, 2.24) is 15.2 Å². The first-order valence-corrected chi connectivity index (χ1v) is 7.47. The highest BCUT2D eigenvalue weighted by Crippen LogP contribution is 2.30. The summed E-state index contributed by atoms with van der Waals surface area (Å²) in [4.78, 5) is 17.6. The average Bonchev–Trinajstić information content (AvgIpc) is 3.25. The molecule has 5 heteroatoms. The molecule has 0 spiro atoms. The summed E-state index contributed by atoms with van der Waals surface area (Å²) in [7, 11) is 1.68. The molecule has 0 bridgehead atoms. The van der Waals surface area contributed by atoms with Crippen LogP contribution in [0.15, 0.2) is 18.2 Å². The van der Waals surface area contributed by atoms with Crippen molar-refractivity contribution in [3.8, 4) is 5.75 Å². The van der Waals surface area contributed by atoms with Gasteiger partial charge in [-0.3, -0.25) is 0 Å². The van der Waals surface area contributed by atoms with Crippen molar-refractivity contribution >= 4 is 16.9 Å². The number of nitrogens with one attached hydrogen (secondary N) is 2. The maximum atomic E-state index is 12.2. The molecular formula is C16H19N3O2. The smallest absolute Gasteiger partial charge is 0.317 e. The molecule has 1 fully saturated rings. The van der Waals surface area contributed by atoms with Gasteiger partial charge in [-0.05, 0) is 31.0 Å². The molecule has 2 amide bonds. The normalized spacial score (nSPS) is 17.7. The van der Waals surface area contributed by atoms with Gasteiger partial charge in [-0.2, -0.15) is 0 Å². The molecule has 110 valence electrons. The number of H-pyrrole nitrogens is 1. The Bertz CT molecular complexity index is 703. The lowest BCUT2D eigenvalue weighted by Crippen LogP contribution is -2.43. The third-order valence-electron chi connectivity index (χ3n) is 4.37. The van der Waals surface area contributed by atoms with Crippen LogP contribution < -0.4 is 10.1 Å². The van der Waals surface area contributed by atoms with Gasteiger partial charge in [-0.15, -0.1) is 0 Å². The van der Waals surface area contributed by atoms with Crippen LogP contribution in [0.4, 0.5) is 4.79 Å². The van der Waals surface area contributed by atoms with E-state index in [-0.39, 0.29) is 6.03 Å². The number of rotatable bonds is 2. The zero-order valence-corrected chi connectivity index (χ0v) is 12.1. The van der Waals surface area contributed by atoms with E-state index in [4.69, 9.17) is 4.74 Å². The van der Waals surface area contributed by atoms with Crippen LogP contribution in [0.5, 0.6) is 5.75 Å². The number of carbonyl (C=O) groups excluding carboxylic acids is 1. The molecule has 2 aromatic rings. The molecule has 1 aromatic heterocycles. The van der Waals surface area contributed by atoms with Crippen LogP contribution in [-0.4, -0.2) is 35.6 Å². The van der Waals surface area contributed by atoms with Crippen LogP contribution in [-0.2, 0) is 13.0 Å². The molecule has 0 saturated heterocycles. The number of aromatic nitrogens is 1. The number of urea groups is 1. The number of fused-ring (bicyclic) bond motifs is 3. The van der Waals surface area contributed by atoms with Gasteiger partial charge in [0, 0.05) is 47.7 Å². The lowest BCUT2D eigenvalue weighted by Gasteiger charge is -2.27. The number of methoxy groups -OCH3 is 1. The van der Waals surface area contributed by atoms with E-state index in [0.717, 1.165) is 42.5 Å². The molecule has 0 radical (unpaired) electrons. The summed E-state index contributed by atoms with van der Waals surface area (Å²) in [6.07, 6.45) is 3.12. The molecule has 1 aliphatic carbocycles. The second-order valence-corrected chi connectivity index (χ2v) is 5.89. The van der Waals surface area contributed by atoms with Gasteiger partial charge in [-0.1, -0.05) is 0 Å². The second kappa shape index (κ2) is 4.69. The highest BCUT2D eigenvalue weighted by atomic mass is 16.5. The van der Waals surface area contributed by atoms with E-state index >= 15 is 0 Å². The molecule has 0 unspecified atom stereocenters. The van der Waals surface area contributed by atoms with Crippen molar-refractivity contribution in [3.05, 3.63) is 29.5 Å². The first-order chi connectivity index (χ1) is 10.2. The number of amides is 2. The lowest BCUT2D eigenvalue weighted by molar-refractivity contribution is 0.192. The van der Waals surface area contributed by atoms with E-state index in [2.05, 4.69) is 10.3 Å². The molecule has 2 aliphatic rings. The number of nitrogens with zero attached hydrogens (tertiary/aromatic N) is 1. The molecule has 21 heavy (non-hydrogen) atoms. The summed E-state index contributed by atoms with van der Waals surface area (Å²) in [5.74, 6) is 0.851. The third kappa shape index (κ3) is 2.22. The van der Waals surface area contributed by atoms with Gasteiger partial charge in [0.15, 0.2) is 0 Å². The fourth-order valence-electron chi connectivity index (χ4n) is 2.99. The average molecular weight is 285 g/mol. The zero-order chi connectivity index (χ0) is 14.4. The standard InChI is InChI=1S/C16H19N3O2/c1-21-11-4-5-14-12(8-11)13-9-19(7-6-15(13)18-14)16(20)17-10-2-3-10/h4-5,8,10,18H,2-3,6-7,9H2,1H3,(H,17,20). The monoisotopic (exact) mass is 285 g/mol. The fourth-order valence-corrected chi connectivity index (χ4v) is 2.99. The van der Waals surface area contributed by atoms with Crippen LogP contribution in [0.2, 0.25) is 0 Å². The topological polar surface area (TPSA) is 57.4 Å². The van der Waals surface area contributed by atoms with Crippen molar-refractivity contribution in [1.29, 1.82) is 0 Å². The van der Waals surface area contributed by atoms with Crippen molar-refractivity contribution in [2.75, 3.05) is 13.7 Å². The minimum absolute atomic E-state index is 0.0698. The van der Waals surface area contributed by atoms with Crippen LogP contribution in [0, 0.1) is 0 Å². The maximum absolute atomic E-state index is 12.2. The summed E-state index contributed by atoms with van der Waals surface area (Å²) in [6, 6.07) is 6.53. The minimum Gasteiger partial charge on any atom is -0.497 e. The first-order valence-electron chi connectivity index (χ1n) is 7.47. The Labute approximate surface area is 123 Å². The van der Waals surface area contributed by atoms with Gasteiger partial charge in [0.05, 0.1) is 7.11 Å². The number of ether oxygens (including phenoxy) is 1. The SMILES string of the molecule is COc1ccc2[nH]c3c(c2c1)CN(C(=O)NC1CC1)CC3. The predicted molar refractivity (Wildman–Crippen MR) is 80.5 cm³/mol. The Morgan fingerprint density at radius 1 is 1.43 bits per heavy atom. The predicted octanol–water partition coefficient (Wildman–Crippen LogP) is 2.41. The molecule has 2 heterocycles. The van der Waals surface area contributed by atoms with Gasteiger partial charge >= 0.3 is 6.03 Å². The minimum atomic E-state index is 0.0698. The van der Waals surface area contributed by atoms with Crippen molar-refractivity contribution in [2.24, 2.45) is 0 Å². The van der Waals surface area contributed by atoms with Crippen LogP contribution in [0.3, 0.4) is 0 Å². The zero-order valence-electron chi connectivity index (χ0n) is 12.1. The molecule has 1 aromatic carbocycles. The highest BCUT2D eigenvalue weighted by Gasteiger charge is 2.28. The van der Waals surface area contributed by atoms with E-state index in [1.807, 2.05) is 23.1 Å². The summed E-state index contributed by atoms with van der Waals surface area (Å²) >= 11 is 0. The summed E-state index contributed by atoms with van der Waals surface area (Å²) in [6.45, 7) is 1.44. The van der Waals surface area contributed by atoms with E-state index in [9.17, 15) is 4.79 Å². The van der Waals surface area contributed by atoms with Gasteiger partial charge in [0.25, 0.3) is 0 Å². The number of hydrogen-bond acceptors (Lipinski definition) is 2. The van der Waals surface area contributed by atoms with Crippen LogP contribution in [0.1, 0.15) is 24.1 Å². The molecule has 5 nitrogen and oxygen atoms in total. The molecule has 0 atom stereocenters. The maximum Gasteiger partial charge on any atom is 0.317 e. The largest absolute Gasteiger partial charge is 0.497 e. The molecule has 1 aliphatic heterocycles. The highest BCUT2D eigenvalue weighted by molar-refractivity contribution is 5.87. The Hall–Kier alpha value is -2.17. The van der Waals surface area contributed by atoms with Crippen molar-refractivity contribution < 1.29 is 9.53 Å². The Balaban J connectivity index is 1.64. The van der Waals surface area contributed by atoms with Crippen LogP contribution >= 0.6 is 0 Å². The molecular weight excluding hydrogens is 266 g/mol. The fraction of sp³-hybridized carbons (Fsp3) is 0.438. The van der Waals surface area contributed by atoms with Crippen molar-refractivity contribution in [2.45, 2.75) is 31.8 Å². The van der Waals surface area contributed by atoms with E-state index < -0.39 is 0 Å². The quantitative estimate of drug-likeness (QED) is 0.890. The Morgan fingerprint density at radius 3 is 3.05 bits per heavy atom. The molecule has 1 saturated carbocycles. The van der Waals surface area contributed by atoms with E-state index in [1.165, 1.54) is 11.3 Å². The number of carbonyl (C=O) groups is 1. The Morgan fingerprint density at radius 2 is 2.29 bits per heavy atom.